The number of hydrogen-bond acceptors (Lipinski definition) is 7. The third-order valence-electron chi connectivity index (χ3n) is 2.63. The summed E-state index contributed by atoms with van der Waals surface area (Å²) in [6.07, 6.45) is 2.17. The summed E-state index contributed by atoms with van der Waals surface area (Å²) in [5, 5.41) is 6.01. The minimum atomic E-state index is -0.124. The van der Waals surface area contributed by atoms with E-state index in [1.165, 1.54) is 0 Å². The highest BCUT2D eigenvalue weighted by Crippen LogP contribution is 2.07. The van der Waals surface area contributed by atoms with Crippen LogP contribution in [0.4, 0.5) is 4.79 Å². The maximum absolute atomic E-state index is 11.1. The van der Waals surface area contributed by atoms with E-state index in [4.69, 9.17) is 4.74 Å². The van der Waals surface area contributed by atoms with Gasteiger partial charge >= 0.3 is 0 Å². The number of carbonyl (C=O) groups is 1. The zero-order valence-corrected chi connectivity index (χ0v) is 13.1. The Labute approximate surface area is 122 Å². The lowest BCUT2D eigenvalue weighted by atomic mass is 10.2. The van der Waals surface area contributed by atoms with E-state index < -0.39 is 0 Å². The maximum atomic E-state index is 11.1. The molecule has 1 rings (SSSR count). The van der Waals surface area contributed by atoms with E-state index >= 15 is 0 Å². The van der Waals surface area contributed by atoms with Gasteiger partial charge in [0.05, 0.1) is 12.7 Å². The minimum absolute atomic E-state index is 0.0868. The van der Waals surface area contributed by atoms with Crippen LogP contribution in [0.15, 0.2) is 0 Å². The molecular weight excluding hydrogens is 290 g/mol. The van der Waals surface area contributed by atoms with Gasteiger partial charge in [0.2, 0.25) is 0 Å². The predicted octanol–water partition coefficient (Wildman–Crippen LogP) is 0.885. The quantitative estimate of drug-likeness (QED) is 0.281. The van der Waals surface area contributed by atoms with Gasteiger partial charge in [-0.3, -0.25) is 9.69 Å². The number of hydrogen-bond donors (Lipinski definition) is 3. The normalized spacial score (nSPS) is 20.9. The van der Waals surface area contributed by atoms with Crippen molar-refractivity contribution in [1.82, 2.24) is 15.5 Å². The molecule has 1 aliphatic heterocycles. The van der Waals surface area contributed by atoms with E-state index in [1.54, 1.807) is 11.8 Å². The van der Waals surface area contributed by atoms with Crippen molar-refractivity contribution in [3.8, 4) is 0 Å². The van der Waals surface area contributed by atoms with Gasteiger partial charge in [-0.25, -0.2) is 0 Å². The summed E-state index contributed by atoms with van der Waals surface area (Å²) in [4.78, 5) is 13.4. The molecule has 0 aromatic heterocycles. The van der Waals surface area contributed by atoms with Gasteiger partial charge in [-0.05, 0) is 6.26 Å². The van der Waals surface area contributed by atoms with Crippen LogP contribution in [-0.2, 0) is 4.74 Å². The van der Waals surface area contributed by atoms with Crippen molar-refractivity contribution < 1.29 is 9.53 Å². The molecule has 0 aromatic rings. The Balaban J connectivity index is 2.13. The van der Waals surface area contributed by atoms with Crippen LogP contribution in [-0.4, -0.2) is 67.7 Å². The van der Waals surface area contributed by atoms with Crippen LogP contribution in [0.25, 0.3) is 0 Å². The molecule has 1 atom stereocenters. The number of nitrogens with zero attached hydrogens (tertiary/aromatic N) is 1. The second-order valence-electron chi connectivity index (χ2n) is 3.99. The molecule has 0 saturated carbocycles. The molecule has 8 heteroatoms. The van der Waals surface area contributed by atoms with E-state index in [1.807, 2.05) is 0 Å². The summed E-state index contributed by atoms with van der Waals surface area (Å²) in [5.41, 5.74) is 0. The van der Waals surface area contributed by atoms with Gasteiger partial charge in [0.1, 0.15) is 0 Å². The summed E-state index contributed by atoms with van der Waals surface area (Å²) in [6, 6.07) is 0. The highest BCUT2D eigenvalue weighted by Gasteiger charge is 2.20. The lowest BCUT2D eigenvalue weighted by Crippen LogP contribution is -2.48. The molecule has 0 unspecified atom stereocenters. The molecule has 0 bridgehead atoms. The summed E-state index contributed by atoms with van der Waals surface area (Å²) in [6.45, 7) is 5.14. The largest absolute Gasteiger partial charge is 0.374 e. The molecule has 18 heavy (non-hydrogen) atoms. The van der Waals surface area contributed by atoms with Crippen molar-refractivity contribution >= 4 is 39.5 Å². The zero-order chi connectivity index (χ0) is 13.2. The van der Waals surface area contributed by atoms with Gasteiger partial charge in [0.15, 0.2) is 0 Å². The molecule has 1 saturated heterocycles. The van der Waals surface area contributed by atoms with E-state index in [2.05, 4.69) is 33.5 Å². The third-order valence-corrected chi connectivity index (χ3v) is 3.93. The lowest BCUT2D eigenvalue weighted by molar-refractivity contribution is -0.0248. The van der Waals surface area contributed by atoms with Crippen LogP contribution in [0, 0.1) is 0 Å². The molecule has 0 spiro atoms. The van der Waals surface area contributed by atoms with Crippen LogP contribution < -0.4 is 10.6 Å². The molecule has 5 nitrogen and oxygen atoms in total. The number of morpholine rings is 1. The van der Waals surface area contributed by atoms with Crippen molar-refractivity contribution in [2.45, 2.75) is 6.10 Å². The van der Waals surface area contributed by atoms with Crippen LogP contribution in [0.1, 0.15) is 0 Å². The Morgan fingerprint density at radius 1 is 1.61 bits per heavy atom. The summed E-state index contributed by atoms with van der Waals surface area (Å²) < 4.78 is 5.62. The van der Waals surface area contributed by atoms with E-state index in [-0.39, 0.29) is 11.3 Å². The smallest absolute Gasteiger partial charge is 0.289 e. The first kappa shape index (κ1) is 16.5. The molecule has 1 amide bonds. The number of amides is 1. The molecule has 1 aliphatic rings. The third kappa shape index (κ3) is 7.10. The molecule has 1 heterocycles. The Morgan fingerprint density at radius 3 is 3.17 bits per heavy atom. The Bertz CT molecular complexity index is 246. The second kappa shape index (κ2) is 10.2. The van der Waals surface area contributed by atoms with E-state index in [0.717, 1.165) is 49.5 Å². The van der Waals surface area contributed by atoms with Crippen LogP contribution in [0.5, 0.6) is 0 Å². The first-order valence-corrected chi connectivity index (χ1v) is 9.15. The second-order valence-corrected chi connectivity index (χ2v) is 5.95. The van der Waals surface area contributed by atoms with Crippen molar-refractivity contribution in [2.75, 3.05) is 51.5 Å². The molecule has 106 valence electrons. The number of nitrogens with one attached hydrogen (secondary N) is 2. The first-order chi connectivity index (χ1) is 8.76. The molecule has 0 aromatic carbocycles. The number of carbonyl (C=O) groups excluding carboxylic acids is 1. The first-order valence-electron chi connectivity index (χ1n) is 5.89. The van der Waals surface area contributed by atoms with Crippen LogP contribution in [0.2, 0.25) is 0 Å². The van der Waals surface area contributed by atoms with E-state index in [0.29, 0.717) is 6.54 Å². The van der Waals surface area contributed by atoms with Crippen LogP contribution in [0.3, 0.4) is 0 Å². The van der Waals surface area contributed by atoms with Crippen molar-refractivity contribution in [3.05, 3.63) is 0 Å². The van der Waals surface area contributed by atoms with E-state index in [9.17, 15) is 4.79 Å². The standard InChI is InChI=1S/C10H21N3O2S3/c1-17-8-11-2-3-13-4-5-15-9(7-13)6-12-10(14)18-16/h9,11,16H,2-8H2,1H3,(H,12,14)/t9-/m1/s1. The fourth-order valence-corrected chi connectivity index (χ4v) is 2.44. The summed E-state index contributed by atoms with van der Waals surface area (Å²) in [5.74, 6) is 0.989. The number of ether oxygens (including phenoxy) is 1. The molecule has 2 N–H and O–H groups in total. The fourth-order valence-electron chi connectivity index (χ4n) is 1.75. The van der Waals surface area contributed by atoms with Gasteiger partial charge in [-0.2, -0.15) is 0 Å². The summed E-state index contributed by atoms with van der Waals surface area (Å²) >= 11 is 5.63. The van der Waals surface area contributed by atoms with Gasteiger partial charge in [-0.1, -0.05) is 0 Å². The van der Waals surface area contributed by atoms with Gasteiger partial charge in [-0.15, -0.1) is 23.4 Å². The van der Waals surface area contributed by atoms with Crippen molar-refractivity contribution in [3.63, 3.8) is 0 Å². The Morgan fingerprint density at radius 2 is 2.44 bits per heavy atom. The number of thiol groups is 1. The highest BCUT2D eigenvalue weighted by molar-refractivity contribution is 8.74. The average Bonchev–Trinajstić information content (AvgIpc) is 2.41. The molecule has 1 fully saturated rings. The molecular formula is C10H21N3O2S3. The molecule has 0 radical (unpaired) electrons. The van der Waals surface area contributed by atoms with Crippen molar-refractivity contribution in [2.24, 2.45) is 0 Å². The Hall–Kier alpha value is 0.400. The SMILES string of the molecule is CSCNCCN1CCO[C@H](CNC(=O)SS)C1. The summed E-state index contributed by atoms with van der Waals surface area (Å²) in [7, 11) is 0.896. The topological polar surface area (TPSA) is 53.6 Å². The van der Waals surface area contributed by atoms with Crippen LogP contribution >= 0.6 is 34.2 Å². The molecule has 0 aliphatic carbocycles. The lowest BCUT2D eigenvalue weighted by Gasteiger charge is -2.32. The average molecular weight is 311 g/mol. The van der Waals surface area contributed by atoms with Crippen molar-refractivity contribution in [1.29, 1.82) is 0 Å². The van der Waals surface area contributed by atoms with Gasteiger partial charge < -0.3 is 15.4 Å². The Kier molecular flexibility index (Phi) is 9.34. The number of thioether (sulfide) groups is 1. The fraction of sp³-hybridized carbons (Fsp3) is 0.900. The monoisotopic (exact) mass is 311 g/mol. The minimum Gasteiger partial charge on any atom is -0.374 e. The maximum Gasteiger partial charge on any atom is 0.289 e. The van der Waals surface area contributed by atoms with Gasteiger partial charge in [0, 0.05) is 49.4 Å². The zero-order valence-electron chi connectivity index (χ0n) is 10.6. The number of rotatable bonds is 7. The van der Waals surface area contributed by atoms with Gasteiger partial charge in [0.25, 0.3) is 5.24 Å². The highest BCUT2D eigenvalue weighted by atomic mass is 33.1. The predicted molar refractivity (Wildman–Crippen MR) is 82.5 cm³/mol.